The van der Waals surface area contributed by atoms with Crippen LogP contribution in [0.25, 0.3) is 0 Å². The topological polar surface area (TPSA) is 170 Å². The Balaban J connectivity index is 2.17. The Hall–Kier alpha value is -1.30. The second-order valence-corrected chi connectivity index (χ2v) is 5.30. The van der Waals surface area contributed by atoms with Gasteiger partial charge in [-0.3, -0.25) is 13.9 Å². The van der Waals surface area contributed by atoms with Gasteiger partial charge in [0.05, 0.1) is 0 Å². The molecule has 11 nitrogen and oxygen atoms in total. The molecular formula is C7H10BN4O7P. The number of amides is 1. The summed E-state index contributed by atoms with van der Waals surface area (Å²) in [6, 6.07) is 0. The van der Waals surface area contributed by atoms with E-state index in [0.29, 0.717) is 0 Å². The number of hydrogen-bond donors (Lipinski definition) is 4. The molecule has 1 amide bonds. The molecule has 20 heavy (non-hydrogen) atoms. The zero-order valence-corrected chi connectivity index (χ0v) is 10.7. The summed E-state index contributed by atoms with van der Waals surface area (Å²) in [4.78, 5) is 23.3. The van der Waals surface area contributed by atoms with Crippen LogP contribution in [0, 0.1) is 0 Å². The minimum absolute atomic E-state index is 0.327. The number of nitrogens with zero attached hydrogens (tertiary/aromatic N) is 3. The normalized spacial score (nSPS) is 33.0. The number of carbonyl (C=O) groups excluding carboxylic acids is 1. The van der Waals surface area contributed by atoms with Gasteiger partial charge in [0.1, 0.15) is 18.5 Å². The first-order chi connectivity index (χ1) is 9.19. The molecule has 1 aromatic rings. The van der Waals surface area contributed by atoms with Crippen molar-refractivity contribution in [2.45, 2.75) is 24.7 Å². The van der Waals surface area contributed by atoms with Crippen molar-refractivity contribution in [3.8, 4) is 0 Å². The van der Waals surface area contributed by atoms with Crippen molar-refractivity contribution in [2.24, 2.45) is 5.73 Å². The maximum Gasteiger partial charge on any atom is 0.288 e. The first-order valence-corrected chi connectivity index (χ1v) is 6.86. The molecule has 5 N–H and O–H groups in total. The molecule has 2 radical (unpaired) electrons. The van der Waals surface area contributed by atoms with Crippen LogP contribution in [0.5, 0.6) is 0 Å². The van der Waals surface area contributed by atoms with Gasteiger partial charge >= 0.3 is 0 Å². The van der Waals surface area contributed by atoms with E-state index in [4.69, 9.17) is 22.9 Å². The molecule has 13 heteroatoms. The molecule has 108 valence electrons. The maximum atomic E-state index is 10.9. The van der Waals surface area contributed by atoms with Gasteiger partial charge in [-0.15, -0.1) is 5.10 Å². The SMILES string of the molecule is [B]P(=O)(O)O[C@H]1O[C@@H](n2cnc(C(N)=O)n2)C(O)C1O. The van der Waals surface area contributed by atoms with Crippen LogP contribution in [0.4, 0.5) is 0 Å². The number of aliphatic hydroxyl groups is 2. The molecule has 3 unspecified atom stereocenters. The molecule has 5 atom stereocenters. The summed E-state index contributed by atoms with van der Waals surface area (Å²) in [6.45, 7) is 0. The summed E-state index contributed by atoms with van der Waals surface area (Å²) in [5.41, 5.74) is 4.96. The molecule has 2 rings (SSSR count). The molecule has 1 fully saturated rings. The number of ether oxygens (including phenoxy) is 1. The van der Waals surface area contributed by atoms with Gasteiger partial charge in [-0.2, -0.15) is 0 Å². The summed E-state index contributed by atoms with van der Waals surface area (Å²) < 4.78 is 21.2. The van der Waals surface area contributed by atoms with Crippen LogP contribution in [-0.4, -0.2) is 61.8 Å². The average molecular weight is 304 g/mol. The molecule has 0 aromatic carbocycles. The average Bonchev–Trinajstić information content (AvgIpc) is 2.88. The fourth-order valence-corrected chi connectivity index (χ4v) is 2.07. The highest BCUT2D eigenvalue weighted by Gasteiger charge is 2.46. The quantitative estimate of drug-likeness (QED) is 0.339. The van der Waals surface area contributed by atoms with E-state index in [1.165, 1.54) is 0 Å². The molecule has 0 aliphatic carbocycles. The summed E-state index contributed by atoms with van der Waals surface area (Å²) in [5, 5.41) is 23.0. The zero-order chi connectivity index (χ0) is 15.1. The third-order valence-electron chi connectivity index (χ3n) is 2.44. The molecule has 0 bridgehead atoms. The highest BCUT2D eigenvalue weighted by atomic mass is 31.2. The fraction of sp³-hybridized carbons (Fsp3) is 0.571. The van der Waals surface area contributed by atoms with Crippen LogP contribution >= 0.6 is 7.47 Å². The van der Waals surface area contributed by atoms with Crippen LogP contribution in [0.15, 0.2) is 6.33 Å². The van der Waals surface area contributed by atoms with E-state index >= 15 is 0 Å². The van der Waals surface area contributed by atoms with Crippen molar-refractivity contribution in [3.63, 3.8) is 0 Å². The minimum atomic E-state index is -4.42. The molecular weight excluding hydrogens is 294 g/mol. The summed E-state index contributed by atoms with van der Waals surface area (Å²) in [7, 11) is 0.348. The van der Waals surface area contributed by atoms with Crippen molar-refractivity contribution in [3.05, 3.63) is 12.2 Å². The van der Waals surface area contributed by atoms with Crippen LogP contribution in [0.1, 0.15) is 16.8 Å². The Labute approximate surface area is 113 Å². The van der Waals surface area contributed by atoms with Crippen molar-refractivity contribution in [2.75, 3.05) is 0 Å². The maximum absolute atomic E-state index is 10.9. The zero-order valence-electron chi connectivity index (χ0n) is 9.80. The van der Waals surface area contributed by atoms with E-state index in [1.54, 1.807) is 0 Å². The molecule has 1 aliphatic heterocycles. The number of aromatic nitrogens is 3. The third-order valence-corrected chi connectivity index (χ3v) is 2.95. The highest BCUT2D eigenvalue weighted by Crippen LogP contribution is 2.42. The van der Waals surface area contributed by atoms with Crippen LogP contribution in [0.3, 0.4) is 0 Å². The van der Waals surface area contributed by atoms with Gasteiger partial charge in [-0.1, -0.05) is 0 Å². The summed E-state index contributed by atoms with van der Waals surface area (Å²) in [6.07, 6.45) is -5.09. The largest absolute Gasteiger partial charge is 0.385 e. The number of primary amides is 1. The molecule has 0 spiro atoms. The lowest BCUT2D eigenvalue weighted by Gasteiger charge is -2.17. The first kappa shape index (κ1) is 15.1. The van der Waals surface area contributed by atoms with Crippen molar-refractivity contribution in [1.29, 1.82) is 0 Å². The van der Waals surface area contributed by atoms with E-state index in [1.807, 2.05) is 0 Å². The van der Waals surface area contributed by atoms with E-state index in [-0.39, 0.29) is 5.82 Å². The Morgan fingerprint density at radius 2 is 2.20 bits per heavy atom. The molecule has 1 saturated heterocycles. The van der Waals surface area contributed by atoms with Crippen molar-refractivity contribution >= 4 is 20.9 Å². The van der Waals surface area contributed by atoms with E-state index in [9.17, 15) is 19.6 Å². The second-order valence-electron chi connectivity index (χ2n) is 3.96. The van der Waals surface area contributed by atoms with Gasteiger partial charge in [0.2, 0.25) is 13.4 Å². The number of hydrogen-bond acceptors (Lipinski definition) is 8. The number of nitrogens with two attached hydrogens (primary N) is 1. The van der Waals surface area contributed by atoms with Crippen LogP contribution in [0.2, 0.25) is 0 Å². The van der Waals surface area contributed by atoms with Crippen molar-refractivity contribution < 1.29 is 33.7 Å². The Morgan fingerprint density at radius 3 is 2.70 bits per heavy atom. The smallest absolute Gasteiger partial charge is 0.288 e. The first-order valence-electron chi connectivity index (χ1n) is 5.21. The van der Waals surface area contributed by atoms with Gasteiger partial charge in [0.25, 0.3) is 13.4 Å². The lowest BCUT2D eigenvalue weighted by molar-refractivity contribution is -0.130. The lowest BCUT2D eigenvalue weighted by Crippen LogP contribution is -2.32. The molecule has 1 aliphatic rings. The van der Waals surface area contributed by atoms with E-state index in [2.05, 4.69) is 14.6 Å². The van der Waals surface area contributed by atoms with Gasteiger partial charge < -0.3 is 25.6 Å². The monoisotopic (exact) mass is 304 g/mol. The molecule has 1 aromatic heterocycles. The van der Waals surface area contributed by atoms with E-state index in [0.717, 1.165) is 11.0 Å². The van der Waals surface area contributed by atoms with E-state index < -0.39 is 38.1 Å². The van der Waals surface area contributed by atoms with Crippen LogP contribution in [-0.2, 0) is 13.8 Å². The van der Waals surface area contributed by atoms with Gasteiger partial charge in [-0.25, -0.2) is 9.67 Å². The fourth-order valence-electron chi connectivity index (χ4n) is 1.59. The van der Waals surface area contributed by atoms with Gasteiger partial charge in [-0.05, 0) is 0 Å². The summed E-state index contributed by atoms with van der Waals surface area (Å²) in [5.74, 6) is -1.22. The second kappa shape index (κ2) is 5.24. The predicted molar refractivity (Wildman–Crippen MR) is 61.1 cm³/mol. The highest BCUT2D eigenvalue weighted by molar-refractivity contribution is 7.78. The standard InChI is InChI=1S/C7H10BN4O7P/c8-20(16,17)19-7-3(14)2(13)6(18-7)12-1-10-5(11-12)4(9)15/h1-3,6-7,13-14H,(H2,9,15)(H,16,17)/t2?,3?,6-,7-/m1/s1. The van der Waals surface area contributed by atoms with Crippen molar-refractivity contribution in [1.82, 2.24) is 14.8 Å². The Morgan fingerprint density at radius 1 is 1.55 bits per heavy atom. The number of aliphatic hydroxyl groups excluding tert-OH is 2. The number of rotatable bonds is 4. The Kier molecular flexibility index (Phi) is 3.96. The minimum Gasteiger partial charge on any atom is -0.385 e. The Bertz CT molecular complexity index is 561. The lowest BCUT2D eigenvalue weighted by atomic mass is 10.2. The molecule has 0 saturated carbocycles. The predicted octanol–water partition coefficient (Wildman–Crippen LogP) is -2.76. The van der Waals surface area contributed by atoms with Gasteiger partial charge in [0, 0.05) is 0 Å². The molecule has 2 heterocycles. The van der Waals surface area contributed by atoms with Crippen LogP contribution < -0.4 is 5.73 Å². The van der Waals surface area contributed by atoms with Gasteiger partial charge in [0.15, 0.2) is 12.5 Å². The number of carbonyl (C=O) groups is 1. The third kappa shape index (κ3) is 3.06. The summed E-state index contributed by atoms with van der Waals surface area (Å²) >= 11 is 0.